The van der Waals surface area contributed by atoms with Gasteiger partial charge < -0.3 is 14.8 Å². The van der Waals surface area contributed by atoms with E-state index in [1.54, 1.807) is 12.1 Å². The molecule has 7 heteroatoms. The highest BCUT2D eigenvalue weighted by Crippen LogP contribution is 2.26. The van der Waals surface area contributed by atoms with E-state index in [1.807, 2.05) is 44.2 Å². The van der Waals surface area contributed by atoms with Crippen molar-refractivity contribution in [3.8, 4) is 17.5 Å². The quantitative estimate of drug-likeness (QED) is 0.377. The van der Waals surface area contributed by atoms with Gasteiger partial charge in [-0.25, -0.2) is 9.97 Å². The fraction of sp³-hybridized carbons (Fsp3) is 0.292. The van der Waals surface area contributed by atoms with Crippen LogP contribution in [-0.4, -0.2) is 22.5 Å². The summed E-state index contributed by atoms with van der Waals surface area (Å²) >= 11 is 3.53. The number of hydrogen-bond acceptors (Lipinski definition) is 5. The molecule has 6 nitrogen and oxygen atoms in total. The van der Waals surface area contributed by atoms with Gasteiger partial charge in [-0.15, -0.1) is 0 Å². The van der Waals surface area contributed by atoms with Gasteiger partial charge in [-0.3, -0.25) is 4.79 Å². The molecular formula is C24H26BrN3O3. The normalized spacial score (nSPS) is 10.6. The molecule has 0 aliphatic heterocycles. The Balaban J connectivity index is 1.47. The molecule has 0 fully saturated rings. The van der Waals surface area contributed by atoms with Gasteiger partial charge in [0.05, 0.1) is 11.1 Å². The minimum atomic E-state index is -0.0798. The Labute approximate surface area is 191 Å². The number of amides is 1. The van der Waals surface area contributed by atoms with Crippen molar-refractivity contribution in [3.63, 3.8) is 0 Å². The summed E-state index contributed by atoms with van der Waals surface area (Å²) < 4.78 is 12.5. The summed E-state index contributed by atoms with van der Waals surface area (Å²) in [5.74, 6) is 1.27. The summed E-state index contributed by atoms with van der Waals surface area (Å²) in [6, 6.07) is 15.4. The van der Waals surface area contributed by atoms with Gasteiger partial charge >= 0.3 is 6.01 Å². The number of carbonyl (C=O) groups excluding carboxylic acids is 1. The third-order valence-corrected chi connectivity index (χ3v) is 5.12. The predicted molar refractivity (Wildman–Crippen MR) is 125 cm³/mol. The lowest BCUT2D eigenvalue weighted by molar-refractivity contribution is -0.116. The van der Waals surface area contributed by atoms with Gasteiger partial charge in [0.1, 0.15) is 11.5 Å². The molecule has 0 spiro atoms. The maximum absolute atomic E-state index is 12.3. The van der Waals surface area contributed by atoms with E-state index < -0.39 is 0 Å². The van der Waals surface area contributed by atoms with Crippen LogP contribution in [0.25, 0.3) is 0 Å². The smallest absolute Gasteiger partial charge is 0.322 e. The summed E-state index contributed by atoms with van der Waals surface area (Å²) in [6.07, 6.45) is 1.94. The van der Waals surface area contributed by atoms with Crippen LogP contribution in [0.4, 0.5) is 5.69 Å². The Morgan fingerprint density at radius 1 is 1.06 bits per heavy atom. The second kappa shape index (κ2) is 10.9. The lowest BCUT2D eigenvalue weighted by atomic mass is 10.2. The van der Waals surface area contributed by atoms with E-state index in [9.17, 15) is 4.79 Å². The standard InChI is InChI=1S/C24H26BrN3O3/c1-4-18-10-11-22(21(25)14-18)30-12-6-9-23(29)28-19-7-5-8-20(15-19)31-24-26-16(2)13-17(3)27-24/h5,7-8,10-11,13-15H,4,6,9,12H2,1-3H3,(H,28,29). The topological polar surface area (TPSA) is 73.3 Å². The second-order valence-corrected chi connectivity index (χ2v) is 8.04. The third-order valence-electron chi connectivity index (χ3n) is 4.50. The molecule has 0 saturated carbocycles. The predicted octanol–water partition coefficient (Wildman–Crippen LogP) is 6.01. The Hall–Kier alpha value is -2.93. The number of hydrogen-bond donors (Lipinski definition) is 1. The van der Waals surface area contributed by atoms with Crippen LogP contribution in [0.5, 0.6) is 17.5 Å². The highest BCUT2D eigenvalue weighted by molar-refractivity contribution is 9.10. The zero-order valence-electron chi connectivity index (χ0n) is 17.9. The van der Waals surface area contributed by atoms with Crippen molar-refractivity contribution in [2.75, 3.05) is 11.9 Å². The Morgan fingerprint density at radius 3 is 2.55 bits per heavy atom. The average molecular weight is 484 g/mol. The molecule has 0 aliphatic rings. The van der Waals surface area contributed by atoms with E-state index in [-0.39, 0.29) is 11.9 Å². The number of anilines is 1. The molecule has 3 aromatic rings. The largest absolute Gasteiger partial charge is 0.492 e. The van der Waals surface area contributed by atoms with E-state index in [2.05, 4.69) is 44.2 Å². The van der Waals surface area contributed by atoms with E-state index in [0.29, 0.717) is 30.9 Å². The van der Waals surface area contributed by atoms with Gasteiger partial charge in [0.2, 0.25) is 5.91 Å². The first-order valence-electron chi connectivity index (χ1n) is 10.2. The van der Waals surface area contributed by atoms with Crippen LogP contribution in [0, 0.1) is 13.8 Å². The van der Waals surface area contributed by atoms with Gasteiger partial charge in [-0.05, 0) is 78.5 Å². The van der Waals surface area contributed by atoms with Gasteiger partial charge in [-0.2, -0.15) is 0 Å². The zero-order chi connectivity index (χ0) is 22.2. The monoisotopic (exact) mass is 483 g/mol. The van der Waals surface area contributed by atoms with E-state index >= 15 is 0 Å². The van der Waals surface area contributed by atoms with Crippen LogP contribution in [0.15, 0.2) is 53.0 Å². The highest BCUT2D eigenvalue weighted by atomic mass is 79.9. The number of aromatic nitrogens is 2. The maximum Gasteiger partial charge on any atom is 0.322 e. The van der Waals surface area contributed by atoms with E-state index in [4.69, 9.17) is 9.47 Å². The van der Waals surface area contributed by atoms with Gasteiger partial charge in [0, 0.05) is 29.6 Å². The molecule has 0 atom stereocenters. The van der Waals surface area contributed by atoms with Crippen molar-refractivity contribution in [2.45, 2.75) is 40.0 Å². The Bertz CT molecular complexity index is 1040. The lowest BCUT2D eigenvalue weighted by Gasteiger charge is -2.10. The number of rotatable bonds is 9. The van der Waals surface area contributed by atoms with Crippen molar-refractivity contribution < 1.29 is 14.3 Å². The van der Waals surface area contributed by atoms with Crippen molar-refractivity contribution in [2.24, 2.45) is 0 Å². The number of nitrogens with zero attached hydrogens (tertiary/aromatic N) is 2. The van der Waals surface area contributed by atoms with Gasteiger partial charge in [0.15, 0.2) is 0 Å². The summed E-state index contributed by atoms with van der Waals surface area (Å²) in [4.78, 5) is 20.8. The zero-order valence-corrected chi connectivity index (χ0v) is 19.5. The molecule has 0 bridgehead atoms. The molecule has 162 valence electrons. The third kappa shape index (κ3) is 7.07. The summed E-state index contributed by atoms with van der Waals surface area (Å²) in [5.41, 5.74) is 3.57. The summed E-state index contributed by atoms with van der Waals surface area (Å²) in [7, 11) is 0. The van der Waals surface area contributed by atoms with Gasteiger partial charge in [-0.1, -0.05) is 19.1 Å². The number of benzene rings is 2. The Kier molecular flexibility index (Phi) is 8.00. The number of ether oxygens (including phenoxy) is 2. The molecule has 1 aromatic heterocycles. The molecule has 0 aliphatic carbocycles. The first-order chi connectivity index (χ1) is 14.9. The van der Waals surface area contributed by atoms with E-state index in [1.165, 1.54) is 5.56 Å². The van der Waals surface area contributed by atoms with Crippen LogP contribution < -0.4 is 14.8 Å². The maximum atomic E-state index is 12.3. The lowest BCUT2D eigenvalue weighted by Crippen LogP contribution is -2.13. The summed E-state index contributed by atoms with van der Waals surface area (Å²) in [5, 5.41) is 2.89. The van der Waals surface area contributed by atoms with E-state index in [0.717, 1.165) is 28.0 Å². The van der Waals surface area contributed by atoms with Crippen LogP contribution in [-0.2, 0) is 11.2 Å². The van der Waals surface area contributed by atoms with Crippen LogP contribution in [0.1, 0.15) is 36.7 Å². The molecule has 0 radical (unpaired) electrons. The molecule has 31 heavy (non-hydrogen) atoms. The minimum absolute atomic E-state index is 0.0798. The summed E-state index contributed by atoms with van der Waals surface area (Å²) in [6.45, 7) is 6.35. The fourth-order valence-electron chi connectivity index (χ4n) is 3.00. The molecule has 0 saturated heterocycles. The fourth-order valence-corrected chi connectivity index (χ4v) is 3.54. The average Bonchev–Trinajstić information content (AvgIpc) is 2.71. The number of nitrogens with one attached hydrogen (secondary N) is 1. The number of halogens is 1. The highest BCUT2D eigenvalue weighted by Gasteiger charge is 2.07. The molecule has 1 heterocycles. The molecule has 3 rings (SSSR count). The van der Waals surface area contributed by atoms with Crippen molar-refractivity contribution >= 4 is 27.5 Å². The van der Waals surface area contributed by atoms with Gasteiger partial charge in [0.25, 0.3) is 0 Å². The van der Waals surface area contributed by atoms with Crippen molar-refractivity contribution in [3.05, 3.63) is 70.0 Å². The van der Waals surface area contributed by atoms with Crippen LogP contribution in [0.2, 0.25) is 0 Å². The number of carbonyl (C=O) groups is 1. The molecule has 2 aromatic carbocycles. The van der Waals surface area contributed by atoms with Crippen molar-refractivity contribution in [1.82, 2.24) is 9.97 Å². The first-order valence-corrected chi connectivity index (χ1v) is 11.0. The molecule has 0 unspecified atom stereocenters. The second-order valence-electron chi connectivity index (χ2n) is 7.18. The number of aryl methyl sites for hydroxylation is 3. The molecular weight excluding hydrogens is 458 g/mol. The molecule has 1 amide bonds. The first kappa shape index (κ1) is 22.7. The minimum Gasteiger partial charge on any atom is -0.492 e. The SMILES string of the molecule is CCc1ccc(OCCCC(=O)Nc2cccc(Oc3nc(C)cc(C)n3)c2)c(Br)c1. The van der Waals surface area contributed by atoms with Crippen molar-refractivity contribution in [1.29, 1.82) is 0 Å². The van der Waals surface area contributed by atoms with Crippen LogP contribution >= 0.6 is 15.9 Å². The Morgan fingerprint density at radius 2 is 1.84 bits per heavy atom. The molecule has 1 N–H and O–H groups in total. The van der Waals surface area contributed by atoms with Crippen LogP contribution in [0.3, 0.4) is 0 Å².